The molecule has 1 aliphatic heterocycles. The number of rotatable bonds is 2. The fourth-order valence-corrected chi connectivity index (χ4v) is 1.94. The third kappa shape index (κ3) is 2.55. The molecule has 1 fully saturated rings. The average molecular weight is 234 g/mol. The zero-order chi connectivity index (χ0) is 12.4. The minimum absolute atomic E-state index is 0.0486. The lowest BCUT2D eigenvalue weighted by Crippen LogP contribution is -2.47. The number of nitrogen functional groups attached to an aromatic ring is 1. The first kappa shape index (κ1) is 11.9. The number of pyridine rings is 1. The van der Waals surface area contributed by atoms with E-state index in [9.17, 15) is 0 Å². The lowest BCUT2D eigenvalue weighted by molar-refractivity contribution is 0.0340. The first-order chi connectivity index (χ1) is 8.08. The van der Waals surface area contributed by atoms with Crippen molar-refractivity contribution < 1.29 is 4.74 Å². The minimum atomic E-state index is 0.0486. The summed E-state index contributed by atoms with van der Waals surface area (Å²) in [5.41, 5.74) is 6.06. The topological polar surface area (TPSA) is 75.2 Å². The predicted molar refractivity (Wildman–Crippen MR) is 67.5 cm³/mol. The van der Waals surface area contributed by atoms with Crippen molar-refractivity contribution in [3.05, 3.63) is 23.9 Å². The Kier molecular flexibility index (Phi) is 3.28. The molecule has 0 saturated carbocycles. The van der Waals surface area contributed by atoms with Crippen LogP contribution in [-0.2, 0) is 4.74 Å². The Morgan fingerprint density at radius 1 is 1.53 bits per heavy atom. The summed E-state index contributed by atoms with van der Waals surface area (Å²) in [7, 11) is 0. The van der Waals surface area contributed by atoms with Crippen LogP contribution in [0.2, 0.25) is 0 Å². The molecule has 2 atom stereocenters. The molecule has 5 nitrogen and oxygen atoms in total. The Morgan fingerprint density at radius 2 is 2.29 bits per heavy atom. The van der Waals surface area contributed by atoms with E-state index < -0.39 is 0 Å². The molecule has 92 valence electrons. The van der Waals surface area contributed by atoms with Gasteiger partial charge >= 0.3 is 0 Å². The highest BCUT2D eigenvalue weighted by molar-refractivity contribution is 5.94. The van der Waals surface area contributed by atoms with E-state index >= 15 is 0 Å². The van der Waals surface area contributed by atoms with Gasteiger partial charge in [0.15, 0.2) is 0 Å². The normalized spacial score (nSPS) is 24.7. The molecule has 17 heavy (non-hydrogen) atoms. The third-order valence-electron chi connectivity index (χ3n) is 2.96. The van der Waals surface area contributed by atoms with E-state index in [1.165, 1.54) is 0 Å². The average Bonchev–Trinajstić information content (AvgIpc) is 2.32. The van der Waals surface area contributed by atoms with Crippen molar-refractivity contribution in [2.24, 2.45) is 5.73 Å². The number of ether oxygens (including phenoxy) is 1. The van der Waals surface area contributed by atoms with E-state index in [0.717, 1.165) is 19.0 Å². The van der Waals surface area contributed by atoms with Crippen LogP contribution in [0.3, 0.4) is 0 Å². The predicted octanol–water partition coefficient (Wildman–Crippen LogP) is 0.979. The van der Waals surface area contributed by atoms with Gasteiger partial charge in [0, 0.05) is 18.3 Å². The van der Waals surface area contributed by atoms with Crippen molar-refractivity contribution in [3.8, 4) is 0 Å². The number of hydrogen-bond acceptors (Lipinski definition) is 4. The highest BCUT2D eigenvalue weighted by Gasteiger charge is 2.24. The second kappa shape index (κ2) is 4.71. The molecule has 0 aromatic carbocycles. The molecule has 0 unspecified atom stereocenters. The number of hydrogen-bond donors (Lipinski definition) is 2. The molecule has 0 spiro atoms. The SMILES string of the molecule is C[C@@H]1CO[C@@H](C)CN1c1ccc(C(=N)N)cn1. The molecule has 2 heterocycles. The zero-order valence-electron chi connectivity index (χ0n) is 10.2. The van der Waals surface area contributed by atoms with Crippen molar-refractivity contribution in [3.63, 3.8) is 0 Å². The number of anilines is 1. The minimum Gasteiger partial charge on any atom is -0.384 e. The summed E-state index contributed by atoms with van der Waals surface area (Å²) in [6.45, 7) is 5.74. The summed E-state index contributed by atoms with van der Waals surface area (Å²) in [5, 5.41) is 7.33. The summed E-state index contributed by atoms with van der Waals surface area (Å²) in [6, 6.07) is 4.06. The molecular weight excluding hydrogens is 216 g/mol. The molecule has 1 saturated heterocycles. The fourth-order valence-electron chi connectivity index (χ4n) is 1.94. The molecule has 0 radical (unpaired) electrons. The van der Waals surface area contributed by atoms with E-state index in [4.69, 9.17) is 15.9 Å². The zero-order valence-corrected chi connectivity index (χ0v) is 10.2. The number of nitrogens with two attached hydrogens (primary N) is 1. The van der Waals surface area contributed by atoms with Crippen molar-refractivity contribution in [2.45, 2.75) is 26.0 Å². The first-order valence-electron chi connectivity index (χ1n) is 5.76. The van der Waals surface area contributed by atoms with Crippen molar-refractivity contribution in [1.29, 1.82) is 5.41 Å². The number of nitrogens with zero attached hydrogens (tertiary/aromatic N) is 2. The second-order valence-corrected chi connectivity index (χ2v) is 4.46. The van der Waals surface area contributed by atoms with Crippen LogP contribution in [0.5, 0.6) is 0 Å². The number of nitrogens with one attached hydrogen (secondary N) is 1. The molecule has 1 aliphatic rings. The highest BCUT2D eigenvalue weighted by Crippen LogP contribution is 2.19. The van der Waals surface area contributed by atoms with Crippen LogP contribution in [0.15, 0.2) is 18.3 Å². The maximum atomic E-state index is 7.33. The fraction of sp³-hybridized carbons (Fsp3) is 0.500. The van der Waals surface area contributed by atoms with Gasteiger partial charge in [-0.2, -0.15) is 0 Å². The van der Waals surface area contributed by atoms with Crippen LogP contribution >= 0.6 is 0 Å². The number of morpholine rings is 1. The number of amidine groups is 1. The number of aromatic nitrogens is 1. The summed E-state index contributed by atoms with van der Waals surface area (Å²) in [5.74, 6) is 0.963. The van der Waals surface area contributed by atoms with E-state index in [-0.39, 0.29) is 11.9 Å². The molecule has 5 heteroatoms. The van der Waals surface area contributed by atoms with Crippen LogP contribution < -0.4 is 10.6 Å². The smallest absolute Gasteiger partial charge is 0.128 e. The van der Waals surface area contributed by atoms with Crippen molar-refractivity contribution in [2.75, 3.05) is 18.1 Å². The Labute approximate surface area is 101 Å². The molecular formula is C12H18N4O. The van der Waals surface area contributed by atoms with Gasteiger partial charge in [0.05, 0.1) is 18.8 Å². The van der Waals surface area contributed by atoms with Gasteiger partial charge in [0.25, 0.3) is 0 Å². The summed E-state index contributed by atoms with van der Waals surface area (Å²) >= 11 is 0. The maximum absolute atomic E-state index is 7.33. The second-order valence-electron chi connectivity index (χ2n) is 4.46. The van der Waals surface area contributed by atoms with Gasteiger partial charge in [0.2, 0.25) is 0 Å². The van der Waals surface area contributed by atoms with Gasteiger partial charge in [0.1, 0.15) is 11.7 Å². The Balaban J connectivity index is 2.18. The lowest BCUT2D eigenvalue weighted by atomic mass is 10.2. The van der Waals surface area contributed by atoms with Crippen LogP contribution in [0.1, 0.15) is 19.4 Å². The molecule has 1 aromatic rings. The Morgan fingerprint density at radius 3 is 2.88 bits per heavy atom. The van der Waals surface area contributed by atoms with Crippen LogP contribution in [-0.4, -0.2) is 36.1 Å². The Bertz CT molecular complexity index is 403. The first-order valence-corrected chi connectivity index (χ1v) is 5.76. The highest BCUT2D eigenvalue weighted by atomic mass is 16.5. The van der Waals surface area contributed by atoms with Gasteiger partial charge in [-0.05, 0) is 26.0 Å². The van der Waals surface area contributed by atoms with E-state index in [1.54, 1.807) is 6.20 Å². The van der Waals surface area contributed by atoms with E-state index in [0.29, 0.717) is 11.6 Å². The molecule has 2 rings (SSSR count). The van der Waals surface area contributed by atoms with Crippen molar-refractivity contribution >= 4 is 11.7 Å². The maximum Gasteiger partial charge on any atom is 0.128 e. The monoisotopic (exact) mass is 234 g/mol. The molecule has 0 amide bonds. The van der Waals surface area contributed by atoms with Gasteiger partial charge < -0.3 is 15.4 Å². The summed E-state index contributed by atoms with van der Waals surface area (Å²) < 4.78 is 5.58. The molecule has 0 aliphatic carbocycles. The third-order valence-corrected chi connectivity index (χ3v) is 2.96. The summed E-state index contributed by atoms with van der Waals surface area (Å²) in [6.07, 6.45) is 1.87. The standard InChI is InChI=1S/C12H18N4O/c1-8-7-17-9(2)6-16(8)11-4-3-10(5-15-11)12(13)14/h3-5,8-9H,6-7H2,1-2H3,(H3,13,14)/t8-,9+/m1/s1. The van der Waals surface area contributed by atoms with Gasteiger partial charge in [-0.1, -0.05) is 0 Å². The molecule has 1 aromatic heterocycles. The molecule has 0 bridgehead atoms. The van der Waals surface area contributed by atoms with Crippen molar-refractivity contribution in [1.82, 2.24) is 4.98 Å². The largest absolute Gasteiger partial charge is 0.384 e. The van der Waals surface area contributed by atoms with Gasteiger partial charge in [-0.15, -0.1) is 0 Å². The van der Waals surface area contributed by atoms with E-state index in [1.807, 2.05) is 12.1 Å². The molecule has 3 N–H and O–H groups in total. The Hall–Kier alpha value is -1.62. The van der Waals surface area contributed by atoms with Crippen LogP contribution in [0, 0.1) is 5.41 Å². The van der Waals surface area contributed by atoms with E-state index in [2.05, 4.69) is 23.7 Å². The van der Waals surface area contributed by atoms with Gasteiger partial charge in [-0.3, -0.25) is 5.41 Å². The van der Waals surface area contributed by atoms with Crippen LogP contribution in [0.25, 0.3) is 0 Å². The summed E-state index contributed by atoms with van der Waals surface area (Å²) in [4.78, 5) is 6.58. The van der Waals surface area contributed by atoms with Gasteiger partial charge in [-0.25, -0.2) is 4.98 Å². The quantitative estimate of drug-likeness (QED) is 0.591. The van der Waals surface area contributed by atoms with Crippen LogP contribution in [0.4, 0.5) is 5.82 Å². The lowest BCUT2D eigenvalue weighted by Gasteiger charge is -2.37.